The number of carbonyl (C=O) groups is 1. The van der Waals surface area contributed by atoms with Gasteiger partial charge >= 0.3 is 6.09 Å². The van der Waals surface area contributed by atoms with Gasteiger partial charge in [-0.2, -0.15) is 0 Å². The molecular formula is C23H28FN5O2. The topological polar surface area (TPSA) is 74.4 Å². The van der Waals surface area contributed by atoms with Crippen molar-refractivity contribution in [1.29, 1.82) is 0 Å². The molecule has 1 amide bonds. The lowest BCUT2D eigenvalue weighted by molar-refractivity contribution is 0.0130. The van der Waals surface area contributed by atoms with Gasteiger partial charge in [-0.3, -0.25) is 0 Å². The monoisotopic (exact) mass is 425 g/mol. The summed E-state index contributed by atoms with van der Waals surface area (Å²) < 4.78 is 20.1. The lowest BCUT2D eigenvalue weighted by Crippen LogP contribution is -2.59. The van der Waals surface area contributed by atoms with E-state index in [1.807, 2.05) is 40.7 Å². The number of aromatic amines is 1. The molecule has 1 N–H and O–H groups in total. The van der Waals surface area contributed by atoms with Gasteiger partial charge in [-0.1, -0.05) is 18.2 Å². The minimum absolute atomic E-state index is 0.00908. The Bertz CT molecular complexity index is 1110. The highest BCUT2D eigenvalue weighted by Gasteiger charge is 2.36. The molecule has 1 fully saturated rings. The van der Waals surface area contributed by atoms with E-state index in [2.05, 4.69) is 19.9 Å². The lowest BCUT2D eigenvalue weighted by atomic mass is 10.0. The predicted octanol–water partition coefficient (Wildman–Crippen LogP) is 4.60. The molecule has 0 aliphatic carbocycles. The standard InChI is InChI=1S/C23H28FN5O2/c1-14-12-29(22(30)31-23(3,4)5)15(2)11-28(14)21-19-17(10-25-20(19)26-13-27-21)16-8-6-7-9-18(16)24/h6-10,13-15H,11-12H2,1-5H3,(H,25,26,27)/t14-,15+/m0/s1. The van der Waals surface area contributed by atoms with Crippen molar-refractivity contribution in [3.8, 4) is 11.1 Å². The van der Waals surface area contributed by atoms with E-state index >= 15 is 0 Å². The van der Waals surface area contributed by atoms with Gasteiger partial charge in [0.25, 0.3) is 0 Å². The summed E-state index contributed by atoms with van der Waals surface area (Å²) in [6, 6.07) is 6.59. The van der Waals surface area contributed by atoms with Crippen LogP contribution < -0.4 is 4.90 Å². The van der Waals surface area contributed by atoms with Crippen LogP contribution in [0, 0.1) is 5.82 Å². The molecule has 31 heavy (non-hydrogen) atoms. The van der Waals surface area contributed by atoms with Crippen molar-refractivity contribution in [1.82, 2.24) is 19.9 Å². The van der Waals surface area contributed by atoms with Crippen molar-refractivity contribution in [3.05, 3.63) is 42.6 Å². The summed E-state index contributed by atoms with van der Waals surface area (Å²) in [5, 5.41) is 0.775. The van der Waals surface area contributed by atoms with Gasteiger partial charge in [0, 0.05) is 42.5 Å². The number of amides is 1. The summed E-state index contributed by atoms with van der Waals surface area (Å²) in [4.78, 5) is 28.7. The number of ether oxygens (including phenoxy) is 1. The van der Waals surface area contributed by atoms with Gasteiger partial charge < -0.3 is 19.5 Å². The van der Waals surface area contributed by atoms with Gasteiger partial charge in [-0.15, -0.1) is 0 Å². The summed E-state index contributed by atoms with van der Waals surface area (Å²) in [5.41, 5.74) is 1.32. The molecule has 3 heterocycles. The van der Waals surface area contributed by atoms with Gasteiger partial charge in [0.05, 0.1) is 5.39 Å². The Hall–Kier alpha value is -3.16. The van der Waals surface area contributed by atoms with Gasteiger partial charge in [0.15, 0.2) is 0 Å². The Labute approximate surface area is 181 Å². The van der Waals surface area contributed by atoms with Crippen LogP contribution in [-0.4, -0.2) is 56.7 Å². The van der Waals surface area contributed by atoms with E-state index in [-0.39, 0.29) is 24.0 Å². The van der Waals surface area contributed by atoms with Gasteiger partial charge in [-0.05, 0) is 40.7 Å². The van der Waals surface area contributed by atoms with E-state index in [4.69, 9.17) is 4.74 Å². The number of nitrogens with one attached hydrogen (secondary N) is 1. The molecular weight excluding hydrogens is 397 g/mol. The van der Waals surface area contributed by atoms with E-state index < -0.39 is 5.60 Å². The number of piperazine rings is 1. The number of aromatic nitrogens is 3. The van der Waals surface area contributed by atoms with Crippen molar-refractivity contribution in [2.75, 3.05) is 18.0 Å². The first-order valence-corrected chi connectivity index (χ1v) is 10.5. The second kappa shape index (κ2) is 7.83. The first-order valence-electron chi connectivity index (χ1n) is 10.5. The summed E-state index contributed by atoms with van der Waals surface area (Å²) >= 11 is 0. The number of halogens is 1. The highest BCUT2D eigenvalue weighted by Crippen LogP contribution is 2.36. The van der Waals surface area contributed by atoms with Crippen LogP contribution in [0.15, 0.2) is 36.8 Å². The molecule has 164 valence electrons. The average molecular weight is 426 g/mol. The summed E-state index contributed by atoms with van der Waals surface area (Å²) in [6.07, 6.45) is 2.97. The molecule has 3 aromatic rings. The number of anilines is 1. The molecule has 2 atom stereocenters. The number of hydrogen-bond acceptors (Lipinski definition) is 5. The second-order valence-electron chi connectivity index (χ2n) is 9.09. The fraction of sp³-hybridized carbons (Fsp3) is 0.435. The van der Waals surface area contributed by atoms with Crippen LogP contribution in [0.2, 0.25) is 0 Å². The Kier molecular flexibility index (Phi) is 5.33. The molecule has 0 spiro atoms. The first-order chi connectivity index (χ1) is 14.7. The Morgan fingerprint density at radius 1 is 1.13 bits per heavy atom. The highest BCUT2D eigenvalue weighted by atomic mass is 19.1. The van der Waals surface area contributed by atoms with Crippen LogP contribution in [-0.2, 0) is 4.74 Å². The zero-order chi connectivity index (χ0) is 22.3. The third-order valence-corrected chi connectivity index (χ3v) is 5.50. The fourth-order valence-corrected chi connectivity index (χ4v) is 4.05. The van der Waals surface area contributed by atoms with E-state index in [0.29, 0.717) is 24.3 Å². The molecule has 7 nitrogen and oxygen atoms in total. The Morgan fingerprint density at radius 2 is 1.87 bits per heavy atom. The largest absolute Gasteiger partial charge is 0.444 e. The molecule has 0 unspecified atom stereocenters. The lowest BCUT2D eigenvalue weighted by Gasteiger charge is -2.44. The third-order valence-electron chi connectivity index (χ3n) is 5.50. The zero-order valence-electron chi connectivity index (χ0n) is 18.5. The minimum Gasteiger partial charge on any atom is -0.444 e. The number of H-pyrrole nitrogens is 1. The van der Waals surface area contributed by atoms with Crippen molar-refractivity contribution in [2.24, 2.45) is 0 Å². The molecule has 1 saturated heterocycles. The van der Waals surface area contributed by atoms with E-state index in [9.17, 15) is 9.18 Å². The smallest absolute Gasteiger partial charge is 0.410 e. The molecule has 0 bridgehead atoms. The summed E-state index contributed by atoms with van der Waals surface area (Å²) in [5.74, 6) is 0.432. The maximum Gasteiger partial charge on any atom is 0.410 e. The van der Waals surface area contributed by atoms with Crippen molar-refractivity contribution in [2.45, 2.75) is 52.3 Å². The fourth-order valence-electron chi connectivity index (χ4n) is 4.05. The molecule has 1 aliphatic rings. The number of benzene rings is 1. The maximum absolute atomic E-state index is 14.5. The molecule has 0 radical (unpaired) electrons. The predicted molar refractivity (Wildman–Crippen MR) is 118 cm³/mol. The molecule has 1 aliphatic heterocycles. The van der Waals surface area contributed by atoms with Gasteiger partial charge in [0.1, 0.15) is 29.2 Å². The van der Waals surface area contributed by atoms with Crippen LogP contribution in [0.1, 0.15) is 34.6 Å². The quantitative estimate of drug-likeness (QED) is 0.650. The Morgan fingerprint density at radius 3 is 2.58 bits per heavy atom. The summed E-state index contributed by atoms with van der Waals surface area (Å²) in [6.45, 7) is 10.7. The number of hydrogen-bond donors (Lipinski definition) is 1. The van der Waals surface area contributed by atoms with Crippen LogP contribution in [0.5, 0.6) is 0 Å². The maximum atomic E-state index is 14.5. The zero-order valence-corrected chi connectivity index (χ0v) is 18.5. The number of rotatable bonds is 2. The minimum atomic E-state index is -0.546. The van der Waals surface area contributed by atoms with E-state index in [0.717, 1.165) is 16.8 Å². The normalized spacial score (nSPS) is 19.7. The number of fused-ring (bicyclic) bond motifs is 1. The molecule has 4 rings (SSSR count). The third kappa shape index (κ3) is 4.06. The number of nitrogens with zero attached hydrogens (tertiary/aromatic N) is 4. The van der Waals surface area contributed by atoms with E-state index in [1.54, 1.807) is 23.2 Å². The van der Waals surface area contributed by atoms with E-state index in [1.165, 1.54) is 12.4 Å². The van der Waals surface area contributed by atoms with Crippen LogP contribution >= 0.6 is 0 Å². The van der Waals surface area contributed by atoms with Crippen molar-refractivity contribution < 1.29 is 13.9 Å². The molecule has 1 aromatic carbocycles. The average Bonchev–Trinajstić information content (AvgIpc) is 3.12. The van der Waals surface area contributed by atoms with Crippen molar-refractivity contribution >= 4 is 22.9 Å². The van der Waals surface area contributed by atoms with Crippen LogP contribution in [0.25, 0.3) is 22.2 Å². The summed E-state index contributed by atoms with van der Waals surface area (Å²) in [7, 11) is 0. The van der Waals surface area contributed by atoms with Gasteiger partial charge in [0.2, 0.25) is 0 Å². The second-order valence-corrected chi connectivity index (χ2v) is 9.09. The highest BCUT2D eigenvalue weighted by molar-refractivity contribution is 6.01. The van der Waals surface area contributed by atoms with Crippen LogP contribution in [0.4, 0.5) is 15.0 Å². The SMILES string of the molecule is C[C@@H]1CN(c2ncnc3[nH]cc(-c4ccccc4F)c23)[C@@H](C)CN1C(=O)OC(C)(C)C. The van der Waals surface area contributed by atoms with Crippen molar-refractivity contribution in [3.63, 3.8) is 0 Å². The van der Waals surface area contributed by atoms with Gasteiger partial charge in [-0.25, -0.2) is 19.2 Å². The molecule has 0 saturated carbocycles. The van der Waals surface area contributed by atoms with Crippen LogP contribution in [0.3, 0.4) is 0 Å². The number of carbonyl (C=O) groups excluding carboxylic acids is 1. The molecule has 8 heteroatoms. The molecule has 2 aromatic heterocycles. The Balaban J connectivity index is 1.69. The first kappa shape index (κ1) is 21.1.